The van der Waals surface area contributed by atoms with Gasteiger partial charge in [-0.25, -0.2) is 0 Å². The zero-order chi connectivity index (χ0) is 23.3. The zero-order valence-electron chi connectivity index (χ0n) is 19.4. The minimum absolute atomic E-state index is 0.0542. The lowest BCUT2D eigenvalue weighted by atomic mass is 10.0. The van der Waals surface area contributed by atoms with Gasteiger partial charge in [-0.3, -0.25) is 9.89 Å². The molecule has 3 aromatic rings. The van der Waals surface area contributed by atoms with Crippen LogP contribution in [-0.2, 0) is 6.54 Å². The molecule has 6 nitrogen and oxygen atoms in total. The van der Waals surface area contributed by atoms with Crippen molar-refractivity contribution >= 4 is 23.2 Å². The summed E-state index contributed by atoms with van der Waals surface area (Å²) in [5.74, 6) is 0.0542. The smallest absolute Gasteiger partial charge is 0.251 e. The number of benzene rings is 2. The maximum absolute atomic E-state index is 12.5. The Labute approximate surface area is 206 Å². The molecule has 1 aliphatic carbocycles. The molecular formula is C27H32ClN5O. The van der Waals surface area contributed by atoms with Crippen LogP contribution in [0.3, 0.4) is 0 Å². The van der Waals surface area contributed by atoms with Crippen LogP contribution in [0.15, 0.2) is 54.7 Å². The Morgan fingerprint density at radius 2 is 1.68 bits per heavy atom. The molecule has 1 aliphatic heterocycles. The number of piperidine rings is 1. The van der Waals surface area contributed by atoms with Gasteiger partial charge in [0.05, 0.1) is 11.9 Å². The number of carbonyl (C=O) groups is 1. The normalized spacial score (nSPS) is 17.3. The summed E-state index contributed by atoms with van der Waals surface area (Å²) in [7, 11) is 0. The average molecular weight is 478 g/mol. The fraction of sp³-hybridized carbons (Fsp3) is 0.407. The molecule has 1 saturated heterocycles. The monoisotopic (exact) mass is 477 g/mol. The SMILES string of the molecule is O=C(NC1CCCC1)c1ccc(N2CCC(NCc3cn[nH]c3-c3ccc(Cl)cc3)CC2)cc1. The second kappa shape index (κ2) is 10.6. The number of carbonyl (C=O) groups excluding carboxylic acids is 1. The molecule has 2 aliphatic rings. The van der Waals surface area contributed by atoms with Crippen LogP contribution in [0.5, 0.6) is 0 Å². The Bertz CT molecular complexity index is 1080. The summed E-state index contributed by atoms with van der Waals surface area (Å²) in [4.78, 5) is 14.9. The van der Waals surface area contributed by atoms with Crippen LogP contribution in [0.4, 0.5) is 5.69 Å². The van der Waals surface area contributed by atoms with E-state index in [9.17, 15) is 4.79 Å². The molecule has 2 heterocycles. The maximum Gasteiger partial charge on any atom is 0.251 e. The number of hydrogen-bond donors (Lipinski definition) is 3. The van der Waals surface area contributed by atoms with Crippen LogP contribution < -0.4 is 15.5 Å². The highest BCUT2D eigenvalue weighted by Gasteiger charge is 2.21. The molecule has 7 heteroatoms. The van der Waals surface area contributed by atoms with Crippen molar-refractivity contribution in [2.75, 3.05) is 18.0 Å². The molecule has 0 spiro atoms. The highest BCUT2D eigenvalue weighted by Crippen LogP contribution is 2.25. The minimum atomic E-state index is 0.0542. The van der Waals surface area contributed by atoms with Gasteiger partial charge in [0.2, 0.25) is 0 Å². The summed E-state index contributed by atoms with van der Waals surface area (Å²) in [6.45, 7) is 2.78. The molecule has 0 radical (unpaired) electrons. The van der Waals surface area contributed by atoms with E-state index in [1.807, 2.05) is 42.6 Å². The zero-order valence-corrected chi connectivity index (χ0v) is 20.2. The van der Waals surface area contributed by atoms with Gasteiger partial charge in [-0.15, -0.1) is 0 Å². The average Bonchev–Trinajstić information content (AvgIpc) is 3.56. The number of amides is 1. The molecule has 1 aromatic heterocycles. The Hall–Kier alpha value is -2.83. The first-order chi connectivity index (χ1) is 16.7. The summed E-state index contributed by atoms with van der Waals surface area (Å²) < 4.78 is 0. The quantitative estimate of drug-likeness (QED) is 0.439. The van der Waals surface area contributed by atoms with E-state index in [0.717, 1.165) is 72.7 Å². The van der Waals surface area contributed by atoms with Crippen molar-refractivity contribution in [2.45, 2.75) is 57.2 Å². The molecule has 0 bridgehead atoms. The molecular weight excluding hydrogens is 446 g/mol. The van der Waals surface area contributed by atoms with Crippen molar-refractivity contribution in [3.63, 3.8) is 0 Å². The van der Waals surface area contributed by atoms with E-state index in [2.05, 4.69) is 37.9 Å². The van der Waals surface area contributed by atoms with E-state index >= 15 is 0 Å². The van der Waals surface area contributed by atoms with E-state index in [-0.39, 0.29) is 5.91 Å². The third kappa shape index (κ3) is 5.45. The Kier molecular flexibility index (Phi) is 7.16. The molecule has 2 fully saturated rings. The van der Waals surface area contributed by atoms with Gasteiger partial charge in [0, 0.05) is 53.6 Å². The molecule has 1 saturated carbocycles. The first-order valence-corrected chi connectivity index (χ1v) is 12.7. The predicted octanol–water partition coefficient (Wildman–Crippen LogP) is 5.16. The maximum atomic E-state index is 12.5. The lowest BCUT2D eigenvalue weighted by Crippen LogP contribution is -2.42. The number of nitrogens with zero attached hydrogens (tertiary/aromatic N) is 2. The van der Waals surface area contributed by atoms with Gasteiger partial charge in [0.1, 0.15) is 0 Å². The molecule has 5 rings (SSSR count). The first kappa shape index (κ1) is 22.9. The lowest BCUT2D eigenvalue weighted by molar-refractivity contribution is 0.0938. The van der Waals surface area contributed by atoms with E-state index < -0.39 is 0 Å². The number of halogens is 1. The van der Waals surface area contributed by atoms with E-state index in [1.54, 1.807) is 0 Å². The third-order valence-electron chi connectivity index (χ3n) is 7.11. The van der Waals surface area contributed by atoms with Gasteiger partial charge in [-0.1, -0.05) is 36.6 Å². The van der Waals surface area contributed by atoms with E-state index in [1.165, 1.54) is 18.5 Å². The van der Waals surface area contributed by atoms with Crippen molar-refractivity contribution in [3.8, 4) is 11.3 Å². The first-order valence-electron chi connectivity index (χ1n) is 12.3. The number of aromatic amines is 1. The van der Waals surface area contributed by atoms with Crippen LogP contribution in [0.25, 0.3) is 11.3 Å². The van der Waals surface area contributed by atoms with Crippen molar-refractivity contribution in [1.29, 1.82) is 0 Å². The molecule has 178 valence electrons. The number of hydrogen-bond acceptors (Lipinski definition) is 4. The summed E-state index contributed by atoms with van der Waals surface area (Å²) in [6.07, 6.45) is 8.72. The molecule has 2 aromatic carbocycles. The fourth-order valence-electron chi connectivity index (χ4n) is 5.07. The van der Waals surface area contributed by atoms with E-state index in [0.29, 0.717) is 12.1 Å². The van der Waals surface area contributed by atoms with Crippen LogP contribution >= 0.6 is 11.6 Å². The van der Waals surface area contributed by atoms with Crippen LogP contribution in [0.2, 0.25) is 5.02 Å². The van der Waals surface area contributed by atoms with Crippen molar-refractivity contribution in [3.05, 3.63) is 70.9 Å². The number of aromatic nitrogens is 2. The van der Waals surface area contributed by atoms with Gasteiger partial charge < -0.3 is 15.5 Å². The molecule has 0 unspecified atom stereocenters. The standard InChI is InChI=1S/C27H32ClN5O/c28-22-9-5-19(6-10-22)26-21(18-30-32-26)17-29-23-13-15-33(16-14-23)25-11-7-20(8-12-25)27(34)31-24-3-1-2-4-24/h5-12,18,23-24,29H,1-4,13-17H2,(H,30,32)(H,31,34). The Morgan fingerprint density at radius 3 is 2.38 bits per heavy atom. The largest absolute Gasteiger partial charge is 0.371 e. The predicted molar refractivity (Wildman–Crippen MR) is 137 cm³/mol. The summed E-state index contributed by atoms with van der Waals surface area (Å²) in [6, 6.07) is 16.7. The van der Waals surface area contributed by atoms with Crippen LogP contribution in [0, 0.1) is 0 Å². The fourth-order valence-corrected chi connectivity index (χ4v) is 5.20. The number of H-pyrrole nitrogens is 1. The van der Waals surface area contributed by atoms with Crippen LogP contribution in [0.1, 0.15) is 54.4 Å². The third-order valence-corrected chi connectivity index (χ3v) is 7.36. The van der Waals surface area contributed by atoms with Gasteiger partial charge >= 0.3 is 0 Å². The van der Waals surface area contributed by atoms with Crippen molar-refractivity contribution in [1.82, 2.24) is 20.8 Å². The second-order valence-electron chi connectivity index (χ2n) is 9.42. The Morgan fingerprint density at radius 1 is 0.971 bits per heavy atom. The Balaban J connectivity index is 1.11. The van der Waals surface area contributed by atoms with Gasteiger partial charge in [0.25, 0.3) is 5.91 Å². The van der Waals surface area contributed by atoms with E-state index in [4.69, 9.17) is 11.6 Å². The highest BCUT2D eigenvalue weighted by molar-refractivity contribution is 6.30. The topological polar surface area (TPSA) is 73.1 Å². The summed E-state index contributed by atoms with van der Waals surface area (Å²) in [5.41, 5.74) is 5.24. The summed E-state index contributed by atoms with van der Waals surface area (Å²) >= 11 is 6.02. The van der Waals surface area contributed by atoms with Gasteiger partial charge in [-0.05, 0) is 67.6 Å². The van der Waals surface area contributed by atoms with Crippen LogP contribution in [-0.4, -0.2) is 41.3 Å². The molecule has 0 atom stereocenters. The minimum Gasteiger partial charge on any atom is -0.371 e. The lowest BCUT2D eigenvalue weighted by Gasteiger charge is -2.34. The number of nitrogens with one attached hydrogen (secondary N) is 3. The number of rotatable bonds is 7. The van der Waals surface area contributed by atoms with Gasteiger partial charge in [-0.2, -0.15) is 5.10 Å². The number of anilines is 1. The van der Waals surface area contributed by atoms with Crippen molar-refractivity contribution < 1.29 is 4.79 Å². The van der Waals surface area contributed by atoms with Gasteiger partial charge in [0.15, 0.2) is 0 Å². The highest BCUT2D eigenvalue weighted by atomic mass is 35.5. The molecule has 1 amide bonds. The molecule has 34 heavy (non-hydrogen) atoms. The van der Waals surface area contributed by atoms with Crippen molar-refractivity contribution in [2.24, 2.45) is 0 Å². The summed E-state index contributed by atoms with van der Waals surface area (Å²) in [5, 5.41) is 15.0. The second-order valence-corrected chi connectivity index (χ2v) is 9.86. The molecule has 3 N–H and O–H groups in total.